The van der Waals surface area contributed by atoms with E-state index in [0.717, 1.165) is 37.4 Å². The Balaban J connectivity index is 2.02. The number of aryl methyl sites for hydroxylation is 1. The summed E-state index contributed by atoms with van der Waals surface area (Å²) in [6, 6.07) is 0. The van der Waals surface area contributed by atoms with E-state index in [1.54, 1.807) is 0 Å². The second-order valence-electron chi connectivity index (χ2n) is 5.11. The minimum Gasteiger partial charge on any atom is -0.481 e. The Morgan fingerprint density at radius 1 is 1.50 bits per heavy atom. The molecule has 1 aliphatic rings. The van der Waals surface area contributed by atoms with E-state index in [-0.39, 0.29) is 6.42 Å². The maximum atomic E-state index is 10.8. The highest BCUT2D eigenvalue weighted by Gasteiger charge is 2.19. The molecule has 0 saturated heterocycles. The lowest BCUT2D eigenvalue weighted by molar-refractivity contribution is -0.136. The molecule has 0 amide bonds. The molecule has 0 bridgehead atoms. The Hall–Kier alpha value is -1.39. The Labute approximate surface area is 107 Å². The Morgan fingerprint density at radius 2 is 2.28 bits per heavy atom. The quantitative estimate of drug-likeness (QED) is 0.805. The monoisotopic (exact) mass is 251 g/mol. The number of rotatable bonds is 7. The van der Waals surface area contributed by atoms with Crippen LogP contribution in [0.15, 0.2) is 0 Å². The standard InChI is InChI=1S/C13H21N3O2/c1-2-4-12-11(9-13(17)18)14-15-16(12)8-7-10-5-3-6-10/h10H,2-9H2,1H3,(H,17,18). The minimum absolute atomic E-state index is 0.0151. The van der Waals surface area contributed by atoms with Crippen LogP contribution in [0.4, 0.5) is 0 Å². The molecule has 0 unspecified atom stereocenters. The predicted molar refractivity (Wildman–Crippen MR) is 67.3 cm³/mol. The van der Waals surface area contributed by atoms with Crippen molar-refractivity contribution in [2.24, 2.45) is 5.92 Å². The number of aromatic nitrogens is 3. The summed E-state index contributed by atoms with van der Waals surface area (Å²) in [5, 5.41) is 17.0. The van der Waals surface area contributed by atoms with Crippen molar-refractivity contribution in [3.05, 3.63) is 11.4 Å². The zero-order valence-electron chi connectivity index (χ0n) is 10.9. The van der Waals surface area contributed by atoms with Crippen LogP contribution in [-0.2, 0) is 24.2 Å². The average Bonchev–Trinajstić information content (AvgIpc) is 2.60. The van der Waals surface area contributed by atoms with Gasteiger partial charge in [0.15, 0.2) is 0 Å². The van der Waals surface area contributed by atoms with Crippen molar-refractivity contribution in [2.75, 3.05) is 0 Å². The predicted octanol–water partition coefficient (Wildman–Crippen LogP) is 2.05. The summed E-state index contributed by atoms with van der Waals surface area (Å²) in [6.07, 6.45) is 7.00. The van der Waals surface area contributed by atoms with Crippen LogP contribution in [-0.4, -0.2) is 26.1 Å². The molecule has 0 aromatic carbocycles. The highest BCUT2D eigenvalue weighted by atomic mass is 16.4. The fourth-order valence-corrected chi connectivity index (χ4v) is 2.43. The highest BCUT2D eigenvalue weighted by molar-refractivity contribution is 5.69. The van der Waals surface area contributed by atoms with Gasteiger partial charge < -0.3 is 5.11 Å². The van der Waals surface area contributed by atoms with Gasteiger partial charge in [0, 0.05) is 6.54 Å². The number of hydrogen-bond acceptors (Lipinski definition) is 3. The Morgan fingerprint density at radius 3 is 2.83 bits per heavy atom. The summed E-state index contributed by atoms with van der Waals surface area (Å²) in [4.78, 5) is 10.8. The van der Waals surface area contributed by atoms with Crippen molar-refractivity contribution >= 4 is 5.97 Å². The third-order valence-electron chi connectivity index (χ3n) is 3.70. The molecule has 18 heavy (non-hydrogen) atoms. The second kappa shape index (κ2) is 5.98. The minimum atomic E-state index is -0.835. The van der Waals surface area contributed by atoms with Crippen LogP contribution in [0.2, 0.25) is 0 Å². The van der Waals surface area contributed by atoms with Gasteiger partial charge in [0.2, 0.25) is 0 Å². The fraction of sp³-hybridized carbons (Fsp3) is 0.769. The van der Waals surface area contributed by atoms with E-state index in [0.29, 0.717) is 5.69 Å². The van der Waals surface area contributed by atoms with E-state index in [1.807, 2.05) is 4.68 Å². The Bertz CT molecular complexity index is 410. The highest BCUT2D eigenvalue weighted by Crippen LogP contribution is 2.29. The first-order chi connectivity index (χ1) is 8.70. The summed E-state index contributed by atoms with van der Waals surface area (Å²) in [7, 11) is 0. The number of nitrogens with zero attached hydrogens (tertiary/aromatic N) is 3. The van der Waals surface area contributed by atoms with Crippen molar-refractivity contribution in [3.8, 4) is 0 Å². The van der Waals surface area contributed by atoms with Crippen LogP contribution in [0.1, 0.15) is 50.4 Å². The topological polar surface area (TPSA) is 68.0 Å². The van der Waals surface area contributed by atoms with E-state index < -0.39 is 5.97 Å². The number of aliphatic carboxylic acids is 1. The molecule has 100 valence electrons. The van der Waals surface area contributed by atoms with Crippen LogP contribution in [0, 0.1) is 5.92 Å². The zero-order valence-corrected chi connectivity index (χ0v) is 10.9. The summed E-state index contributed by atoms with van der Waals surface area (Å²) in [6.45, 7) is 2.97. The van der Waals surface area contributed by atoms with Gasteiger partial charge in [0.25, 0.3) is 0 Å². The van der Waals surface area contributed by atoms with Crippen molar-refractivity contribution in [3.63, 3.8) is 0 Å². The number of carboxylic acid groups (broad SMARTS) is 1. The molecule has 1 aromatic heterocycles. The van der Waals surface area contributed by atoms with Gasteiger partial charge in [0.1, 0.15) is 0 Å². The molecule has 0 atom stereocenters. The number of carboxylic acids is 1. The van der Waals surface area contributed by atoms with Gasteiger partial charge in [-0.15, -0.1) is 5.10 Å². The molecule has 0 radical (unpaired) electrons. The van der Waals surface area contributed by atoms with Crippen molar-refractivity contribution < 1.29 is 9.90 Å². The molecule has 1 N–H and O–H groups in total. The van der Waals surface area contributed by atoms with Gasteiger partial charge in [0.05, 0.1) is 17.8 Å². The van der Waals surface area contributed by atoms with Crippen LogP contribution < -0.4 is 0 Å². The normalized spacial score (nSPS) is 15.6. The van der Waals surface area contributed by atoms with Crippen molar-refractivity contribution in [1.29, 1.82) is 0 Å². The molecule has 1 fully saturated rings. The van der Waals surface area contributed by atoms with Gasteiger partial charge in [-0.25, -0.2) is 4.68 Å². The Kier molecular flexibility index (Phi) is 4.33. The fourth-order valence-electron chi connectivity index (χ4n) is 2.43. The number of hydrogen-bond donors (Lipinski definition) is 1. The first-order valence-electron chi connectivity index (χ1n) is 6.83. The molecule has 1 saturated carbocycles. The van der Waals surface area contributed by atoms with E-state index in [9.17, 15) is 4.79 Å². The van der Waals surface area contributed by atoms with E-state index in [1.165, 1.54) is 19.3 Å². The number of carbonyl (C=O) groups is 1. The summed E-state index contributed by atoms with van der Waals surface area (Å²) in [5.41, 5.74) is 1.65. The van der Waals surface area contributed by atoms with Crippen LogP contribution in [0.25, 0.3) is 0 Å². The smallest absolute Gasteiger partial charge is 0.309 e. The molecule has 0 aliphatic heterocycles. The molecular weight excluding hydrogens is 230 g/mol. The maximum Gasteiger partial charge on any atom is 0.309 e. The van der Waals surface area contributed by atoms with Gasteiger partial charge >= 0.3 is 5.97 Å². The first kappa shape index (κ1) is 13.1. The third kappa shape index (κ3) is 3.09. The van der Waals surface area contributed by atoms with E-state index in [2.05, 4.69) is 17.2 Å². The maximum absolute atomic E-state index is 10.8. The first-order valence-corrected chi connectivity index (χ1v) is 6.83. The molecule has 2 rings (SSSR count). The van der Waals surface area contributed by atoms with Crippen LogP contribution in [0.5, 0.6) is 0 Å². The summed E-state index contributed by atoms with van der Waals surface area (Å²) in [5.74, 6) is 0.00463. The second-order valence-corrected chi connectivity index (χ2v) is 5.11. The summed E-state index contributed by atoms with van der Waals surface area (Å²) >= 11 is 0. The van der Waals surface area contributed by atoms with Gasteiger partial charge in [-0.05, 0) is 18.8 Å². The van der Waals surface area contributed by atoms with E-state index >= 15 is 0 Å². The van der Waals surface area contributed by atoms with Gasteiger partial charge in [-0.1, -0.05) is 37.8 Å². The average molecular weight is 251 g/mol. The van der Waals surface area contributed by atoms with Crippen molar-refractivity contribution in [2.45, 2.75) is 58.4 Å². The van der Waals surface area contributed by atoms with E-state index in [4.69, 9.17) is 5.11 Å². The van der Waals surface area contributed by atoms with Crippen molar-refractivity contribution in [1.82, 2.24) is 15.0 Å². The SMILES string of the molecule is CCCc1c(CC(=O)O)nnn1CCC1CCC1. The zero-order chi connectivity index (χ0) is 13.0. The van der Waals surface area contributed by atoms with Gasteiger partial charge in [-0.3, -0.25) is 4.79 Å². The molecule has 5 heteroatoms. The summed E-state index contributed by atoms with van der Waals surface area (Å²) < 4.78 is 1.92. The lowest BCUT2D eigenvalue weighted by Gasteiger charge is -2.25. The molecule has 0 spiro atoms. The third-order valence-corrected chi connectivity index (χ3v) is 3.70. The lowest BCUT2D eigenvalue weighted by atomic mass is 9.83. The molecule has 5 nitrogen and oxygen atoms in total. The molecule has 1 aliphatic carbocycles. The lowest BCUT2D eigenvalue weighted by Crippen LogP contribution is -2.16. The van der Waals surface area contributed by atoms with Crippen LogP contribution >= 0.6 is 0 Å². The molecule has 1 heterocycles. The van der Waals surface area contributed by atoms with Crippen LogP contribution in [0.3, 0.4) is 0 Å². The van der Waals surface area contributed by atoms with Gasteiger partial charge in [-0.2, -0.15) is 0 Å². The largest absolute Gasteiger partial charge is 0.481 e. The molecular formula is C13H21N3O2. The molecule has 1 aromatic rings.